The first-order valence-corrected chi connectivity index (χ1v) is 8.80. The van der Waals surface area contributed by atoms with Crippen LogP contribution in [0, 0.1) is 0 Å². The molecule has 0 spiro atoms. The molecule has 1 atom stereocenters. The molecule has 0 aliphatic heterocycles. The van der Waals surface area contributed by atoms with Crippen LogP contribution in [0.25, 0.3) is 11.5 Å². The van der Waals surface area contributed by atoms with Crippen LogP contribution in [0.2, 0.25) is 0 Å². The van der Waals surface area contributed by atoms with Gasteiger partial charge in [-0.05, 0) is 44.0 Å². The molecule has 0 unspecified atom stereocenters. The van der Waals surface area contributed by atoms with Gasteiger partial charge in [0, 0.05) is 24.0 Å². The lowest BCUT2D eigenvalue weighted by atomic mass is 10.2. The minimum Gasteiger partial charge on any atom is -0.497 e. The topological polar surface area (TPSA) is 66.0 Å². The summed E-state index contributed by atoms with van der Waals surface area (Å²) in [6, 6.07) is 8.19. The van der Waals surface area contributed by atoms with Crippen LogP contribution in [0.1, 0.15) is 36.9 Å². The standard InChI is InChI=1S/C17H18N4O2S/c1-11(24-17-18-9-10-21(17)13-5-6-13)15-19-20-16(23-15)12-3-7-14(22-2)8-4-12/h3-4,7-11,13H,5-6H2,1-2H3/t11-/m0/s1. The Kier molecular flexibility index (Phi) is 4.02. The second-order valence-corrected chi connectivity index (χ2v) is 7.09. The van der Waals surface area contributed by atoms with Crippen molar-refractivity contribution in [1.82, 2.24) is 19.7 Å². The smallest absolute Gasteiger partial charge is 0.247 e. The summed E-state index contributed by atoms with van der Waals surface area (Å²) in [7, 11) is 1.64. The Morgan fingerprint density at radius 3 is 2.75 bits per heavy atom. The van der Waals surface area contributed by atoms with Crippen LogP contribution in [-0.2, 0) is 0 Å². The number of hydrogen-bond donors (Lipinski definition) is 0. The quantitative estimate of drug-likeness (QED) is 0.628. The van der Waals surface area contributed by atoms with Gasteiger partial charge >= 0.3 is 0 Å². The van der Waals surface area contributed by atoms with Crippen LogP contribution < -0.4 is 4.74 Å². The molecule has 0 radical (unpaired) electrons. The number of rotatable bonds is 6. The summed E-state index contributed by atoms with van der Waals surface area (Å²) in [5.74, 6) is 1.93. The number of aromatic nitrogens is 4. The molecule has 1 aliphatic rings. The van der Waals surface area contributed by atoms with E-state index in [-0.39, 0.29) is 5.25 Å². The zero-order valence-electron chi connectivity index (χ0n) is 13.5. The lowest BCUT2D eigenvalue weighted by Crippen LogP contribution is -1.97. The number of benzene rings is 1. The summed E-state index contributed by atoms with van der Waals surface area (Å²) in [5.41, 5.74) is 0.881. The molecular formula is C17H18N4O2S. The molecule has 7 heteroatoms. The van der Waals surface area contributed by atoms with Crippen molar-refractivity contribution in [2.24, 2.45) is 0 Å². The molecule has 0 amide bonds. The maximum Gasteiger partial charge on any atom is 0.247 e. The van der Waals surface area contributed by atoms with Gasteiger partial charge in [-0.25, -0.2) is 4.98 Å². The maximum atomic E-state index is 5.85. The third-order valence-electron chi connectivity index (χ3n) is 3.98. The Morgan fingerprint density at radius 2 is 2.04 bits per heavy atom. The van der Waals surface area contributed by atoms with Gasteiger partial charge in [-0.2, -0.15) is 0 Å². The van der Waals surface area contributed by atoms with Gasteiger partial charge in [0.25, 0.3) is 0 Å². The molecule has 3 aromatic rings. The summed E-state index contributed by atoms with van der Waals surface area (Å²) >= 11 is 1.65. The summed E-state index contributed by atoms with van der Waals surface area (Å²) in [6.45, 7) is 2.06. The number of ether oxygens (including phenoxy) is 1. The minimum absolute atomic E-state index is 0.0457. The number of hydrogen-bond acceptors (Lipinski definition) is 6. The molecule has 0 N–H and O–H groups in total. The van der Waals surface area contributed by atoms with E-state index in [1.165, 1.54) is 12.8 Å². The van der Waals surface area contributed by atoms with Gasteiger partial charge in [0.2, 0.25) is 11.8 Å². The highest BCUT2D eigenvalue weighted by atomic mass is 32.2. The number of thioether (sulfide) groups is 1. The van der Waals surface area contributed by atoms with E-state index >= 15 is 0 Å². The van der Waals surface area contributed by atoms with Gasteiger partial charge in [0.1, 0.15) is 5.75 Å². The molecule has 1 fully saturated rings. The van der Waals surface area contributed by atoms with Crippen LogP contribution >= 0.6 is 11.8 Å². The fourth-order valence-corrected chi connectivity index (χ4v) is 3.44. The van der Waals surface area contributed by atoms with Crippen molar-refractivity contribution >= 4 is 11.8 Å². The molecular weight excluding hydrogens is 324 g/mol. The highest BCUT2D eigenvalue weighted by Gasteiger charge is 2.27. The van der Waals surface area contributed by atoms with Crippen LogP contribution in [0.5, 0.6) is 5.75 Å². The summed E-state index contributed by atoms with van der Waals surface area (Å²) in [5, 5.41) is 9.42. The van der Waals surface area contributed by atoms with Crippen molar-refractivity contribution in [2.45, 2.75) is 36.2 Å². The van der Waals surface area contributed by atoms with Crippen molar-refractivity contribution in [3.05, 3.63) is 42.5 Å². The molecule has 1 saturated carbocycles. The van der Waals surface area contributed by atoms with Gasteiger partial charge in [-0.15, -0.1) is 10.2 Å². The van der Waals surface area contributed by atoms with Gasteiger partial charge in [-0.3, -0.25) is 0 Å². The first-order chi connectivity index (χ1) is 11.7. The molecule has 1 aromatic carbocycles. The Morgan fingerprint density at radius 1 is 1.25 bits per heavy atom. The van der Waals surface area contributed by atoms with Gasteiger partial charge in [0.05, 0.1) is 12.4 Å². The van der Waals surface area contributed by atoms with Crippen molar-refractivity contribution in [3.63, 3.8) is 0 Å². The fourth-order valence-electron chi connectivity index (χ4n) is 2.48. The third-order valence-corrected chi connectivity index (χ3v) is 5.06. The van der Waals surface area contributed by atoms with Gasteiger partial charge in [-0.1, -0.05) is 11.8 Å². The Hall–Kier alpha value is -2.28. The zero-order chi connectivity index (χ0) is 16.5. The summed E-state index contributed by atoms with van der Waals surface area (Å²) < 4.78 is 13.3. The first-order valence-electron chi connectivity index (χ1n) is 7.92. The maximum absolute atomic E-state index is 5.85. The molecule has 1 aliphatic carbocycles. The highest BCUT2D eigenvalue weighted by Crippen LogP contribution is 2.41. The SMILES string of the molecule is COc1ccc(-c2nnc([C@H](C)Sc3nccn3C3CC3)o2)cc1. The predicted octanol–water partition coefficient (Wildman–Crippen LogP) is 4.13. The van der Waals surface area contributed by atoms with E-state index in [2.05, 4.69) is 26.7 Å². The molecule has 2 aromatic heterocycles. The third kappa shape index (κ3) is 3.03. The molecule has 2 heterocycles. The average molecular weight is 342 g/mol. The molecule has 24 heavy (non-hydrogen) atoms. The second-order valence-electron chi connectivity index (χ2n) is 5.78. The molecule has 124 valence electrons. The monoisotopic (exact) mass is 342 g/mol. The lowest BCUT2D eigenvalue weighted by molar-refractivity contribution is 0.415. The Labute approximate surface area is 144 Å². The Bertz CT molecular complexity index is 823. The minimum atomic E-state index is 0.0457. The molecule has 0 bridgehead atoms. The fraction of sp³-hybridized carbons (Fsp3) is 0.353. The van der Waals surface area contributed by atoms with Crippen LogP contribution in [0.15, 0.2) is 46.2 Å². The Balaban J connectivity index is 1.49. The van der Waals surface area contributed by atoms with Crippen molar-refractivity contribution in [1.29, 1.82) is 0 Å². The van der Waals surface area contributed by atoms with E-state index < -0.39 is 0 Å². The van der Waals surface area contributed by atoms with E-state index in [0.717, 1.165) is 16.5 Å². The number of nitrogens with zero attached hydrogens (tertiary/aromatic N) is 4. The summed E-state index contributed by atoms with van der Waals surface area (Å²) in [4.78, 5) is 4.45. The van der Waals surface area contributed by atoms with Crippen LogP contribution in [0.4, 0.5) is 0 Å². The first kappa shape index (κ1) is 15.3. The normalized spacial score (nSPS) is 15.4. The predicted molar refractivity (Wildman–Crippen MR) is 91.1 cm³/mol. The van der Waals surface area contributed by atoms with Gasteiger partial charge in [0.15, 0.2) is 5.16 Å². The number of methoxy groups -OCH3 is 1. The zero-order valence-corrected chi connectivity index (χ0v) is 14.4. The molecule has 0 saturated heterocycles. The van der Waals surface area contributed by atoms with E-state index in [9.17, 15) is 0 Å². The average Bonchev–Trinajstić information content (AvgIpc) is 3.15. The van der Waals surface area contributed by atoms with Gasteiger partial charge < -0.3 is 13.7 Å². The second kappa shape index (κ2) is 6.32. The van der Waals surface area contributed by atoms with E-state index in [4.69, 9.17) is 9.15 Å². The van der Waals surface area contributed by atoms with Crippen LogP contribution in [0.3, 0.4) is 0 Å². The summed E-state index contributed by atoms with van der Waals surface area (Å²) in [6.07, 6.45) is 6.37. The number of imidazole rings is 1. The van der Waals surface area contributed by atoms with Crippen molar-refractivity contribution in [3.8, 4) is 17.2 Å². The highest BCUT2D eigenvalue weighted by molar-refractivity contribution is 7.99. The molecule has 6 nitrogen and oxygen atoms in total. The van der Waals surface area contributed by atoms with E-state index in [0.29, 0.717) is 17.8 Å². The molecule has 4 rings (SSSR count). The van der Waals surface area contributed by atoms with E-state index in [1.54, 1.807) is 18.9 Å². The largest absolute Gasteiger partial charge is 0.497 e. The van der Waals surface area contributed by atoms with Crippen molar-refractivity contribution in [2.75, 3.05) is 7.11 Å². The van der Waals surface area contributed by atoms with E-state index in [1.807, 2.05) is 36.7 Å². The lowest BCUT2D eigenvalue weighted by Gasteiger charge is -2.08. The van der Waals surface area contributed by atoms with Crippen LogP contribution in [-0.4, -0.2) is 26.9 Å². The van der Waals surface area contributed by atoms with Crippen molar-refractivity contribution < 1.29 is 9.15 Å².